The minimum Gasteiger partial charge on any atom is -0.356 e. The molecule has 1 aromatic heterocycles. The Morgan fingerprint density at radius 1 is 1.00 bits per heavy atom. The molecule has 28 heavy (non-hydrogen) atoms. The summed E-state index contributed by atoms with van der Waals surface area (Å²) >= 11 is 0. The molecule has 0 bridgehead atoms. The highest BCUT2D eigenvalue weighted by molar-refractivity contribution is 6.03. The summed E-state index contributed by atoms with van der Waals surface area (Å²) in [6, 6.07) is 20.3. The first-order chi connectivity index (χ1) is 13.7. The summed E-state index contributed by atoms with van der Waals surface area (Å²) in [5, 5.41) is 11.9. The van der Waals surface area contributed by atoms with Gasteiger partial charge in [0, 0.05) is 30.4 Å². The van der Waals surface area contributed by atoms with Crippen molar-refractivity contribution in [3.05, 3.63) is 71.9 Å². The van der Waals surface area contributed by atoms with E-state index in [1.165, 1.54) is 0 Å². The summed E-state index contributed by atoms with van der Waals surface area (Å²) in [7, 11) is 0. The van der Waals surface area contributed by atoms with Crippen molar-refractivity contribution < 1.29 is 4.79 Å². The Labute approximate surface area is 163 Å². The van der Waals surface area contributed by atoms with Gasteiger partial charge in [-0.05, 0) is 31.0 Å². The van der Waals surface area contributed by atoms with E-state index < -0.39 is 0 Å². The van der Waals surface area contributed by atoms with Crippen LogP contribution in [0.3, 0.4) is 0 Å². The minimum absolute atomic E-state index is 0.304. The van der Waals surface area contributed by atoms with E-state index in [-0.39, 0.29) is 5.91 Å². The number of nitrogens with zero attached hydrogens (tertiary/aromatic N) is 4. The van der Waals surface area contributed by atoms with Crippen LogP contribution in [0.5, 0.6) is 0 Å². The molecule has 0 radical (unpaired) electrons. The van der Waals surface area contributed by atoms with Gasteiger partial charge in [-0.3, -0.25) is 4.79 Å². The van der Waals surface area contributed by atoms with Gasteiger partial charge < -0.3 is 10.2 Å². The van der Waals surface area contributed by atoms with Gasteiger partial charge >= 0.3 is 0 Å². The van der Waals surface area contributed by atoms with E-state index in [2.05, 4.69) is 21.3 Å². The lowest BCUT2D eigenvalue weighted by atomic mass is 10.2. The van der Waals surface area contributed by atoms with Crippen LogP contribution < -0.4 is 10.2 Å². The van der Waals surface area contributed by atoms with E-state index in [1.807, 2.05) is 30.3 Å². The molecule has 138 valence electrons. The molecule has 1 saturated heterocycles. The van der Waals surface area contributed by atoms with Gasteiger partial charge in [-0.15, -0.1) is 0 Å². The third-order valence-electron chi connectivity index (χ3n) is 4.66. The van der Waals surface area contributed by atoms with E-state index in [1.54, 1.807) is 30.3 Å². The molecule has 1 N–H and O–H groups in total. The molecule has 6 nitrogen and oxygen atoms in total. The van der Waals surface area contributed by atoms with Crippen molar-refractivity contribution >= 4 is 17.4 Å². The summed E-state index contributed by atoms with van der Waals surface area (Å²) < 4.78 is 0. The van der Waals surface area contributed by atoms with E-state index in [4.69, 9.17) is 10.2 Å². The molecule has 0 saturated carbocycles. The first-order valence-electron chi connectivity index (χ1n) is 9.24. The van der Waals surface area contributed by atoms with E-state index in [9.17, 15) is 4.79 Å². The molecule has 0 aliphatic carbocycles. The normalized spacial score (nSPS) is 13.2. The summed E-state index contributed by atoms with van der Waals surface area (Å²) in [6.07, 6.45) is 2.24. The van der Waals surface area contributed by atoms with Crippen LogP contribution >= 0.6 is 0 Å². The van der Waals surface area contributed by atoms with Crippen molar-refractivity contribution in [3.8, 4) is 17.5 Å². The molecule has 2 heterocycles. The minimum atomic E-state index is -0.324. The van der Waals surface area contributed by atoms with E-state index in [0.717, 1.165) is 37.3 Å². The van der Waals surface area contributed by atoms with Crippen molar-refractivity contribution in [1.82, 2.24) is 9.97 Å². The molecule has 4 rings (SSSR count). The maximum atomic E-state index is 12.9. The van der Waals surface area contributed by atoms with Gasteiger partial charge in [0.15, 0.2) is 5.82 Å². The van der Waals surface area contributed by atoms with Crippen LogP contribution in [0.25, 0.3) is 11.4 Å². The van der Waals surface area contributed by atoms with Gasteiger partial charge in [0.2, 0.25) is 0 Å². The van der Waals surface area contributed by atoms with Gasteiger partial charge in [-0.2, -0.15) is 5.26 Å². The van der Waals surface area contributed by atoms with Crippen molar-refractivity contribution in [3.63, 3.8) is 0 Å². The molecule has 1 fully saturated rings. The zero-order chi connectivity index (χ0) is 19.3. The average Bonchev–Trinajstić information content (AvgIpc) is 3.29. The van der Waals surface area contributed by atoms with Crippen LogP contribution in [0.15, 0.2) is 60.7 Å². The number of amides is 1. The zero-order valence-corrected chi connectivity index (χ0v) is 15.3. The summed E-state index contributed by atoms with van der Waals surface area (Å²) in [6.45, 7) is 1.85. The highest BCUT2D eigenvalue weighted by Crippen LogP contribution is 2.23. The molecule has 6 heteroatoms. The number of benzene rings is 2. The predicted molar refractivity (Wildman–Crippen MR) is 108 cm³/mol. The first kappa shape index (κ1) is 17.7. The Morgan fingerprint density at radius 3 is 2.54 bits per heavy atom. The van der Waals surface area contributed by atoms with Gasteiger partial charge in [0.05, 0.1) is 11.6 Å². The fraction of sp³-hybridized carbons (Fsp3) is 0.182. The molecule has 1 aliphatic rings. The monoisotopic (exact) mass is 369 g/mol. The number of nitriles is 1. The van der Waals surface area contributed by atoms with Crippen molar-refractivity contribution in [2.45, 2.75) is 12.8 Å². The topological polar surface area (TPSA) is 81.9 Å². The number of hydrogen-bond donors (Lipinski definition) is 1. The van der Waals surface area contributed by atoms with Crippen LogP contribution in [-0.4, -0.2) is 29.0 Å². The number of rotatable bonds is 4. The summed E-state index contributed by atoms with van der Waals surface area (Å²) in [5.74, 6) is 0.971. The maximum absolute atomic E-state index is 12.9. The predicted octanol–water partition coefficient (Wildman–Crippen LogP) is 3.87. The van der Waals surface area contributed by atoms with Gasteiger partial charge in [0.1, 0.15) is 11.5 Å². The Morgan fingerprint density at radius 2 is 1.79 bits per heavy atom. The Bertz CT molecular complexity index is 1040. The molecular weight excluding hydrogens is 350 g/mol. The van der Waals surface area contributed by atoms with Gasteiger partial charge in [0.25, 0.3) is 5.91 Å². The Hall–Kier alpha value is -3.72. The largest absolute Gasteiger partial charge is 0.356 e. The maximum Gasteiger partial charge on any atom is 0.274 e. The molecule has 1 aliphatic heterocycles. The third-order valence-corrected chi connectivity index (χ3v) is 4.66. The second kappa shape index (κ2) is 7.89. The lowest BCUT2D eigenvalue weighted by Gasteiger charge is -2.18. The third kappa shape index (κ3) is 3.84. The zero-order valence-electron chi connectivity index (χ0n) is 15.3. The van der Waals surface area contributed by atoms with Gasteiger partial charge in [-0.25, -0.2) is 9.97 Å². The van der Waals surface area contributed by atoms with Crippen LogP contribution in [0, 0.1) is 11.3 Å². The number of hydrogen-bond acceptors (Lipinski definition) is 5. The Balaban J connectivity index is 1.69. The van der Waals surface area contributed by atoms with Crippen LogP contribution in [-0.2, 0) is 0 Å². The summed E-state index contributed by atoms with van der Waals surface area (Å²) in [4.78, 5) is 24.2. The molecule has 1 amide bonds. The molecular formula is C22H19N5O. The molecule has 0 unspecified atom stereocenters. The number of anilines is 2. The second-order valence-corrected chi connectivity index (χ2v) is 6.64. The van der Waals surface area contributed by atoms with E-state index in [0.29, 0.717) is 22.8 Å². The fourth-order valence-corrected chi connectivity index (χ4v) is 3.24. The molecule has 0 atom stereocenters. The fourth-order valence-electron chi connectivity index (χ4n) is 3.24. The summed E-state index contributed by atoms with van der Waals surface area (Å²) in [5.41, 5.74) is 2.22. The SMILES string of the molecule is N#Cc1cccc(NC(=O)c2cc(N3CCCC3)nc(-c3ccccc3)n2)c1. The van der Waals surface area contributed by atoms with Crippen molar-refractivity contribution in [2.75, 3.05) is 23.3 Å². The smallest absolute Gasteiger partial charge is 0.274 e. The van der Waals surface area contributed by atoms with Crippen molar-refractivity contribution in [1.29, 1.82) is 5.26 Å². The first-order valence-corrected chi connectivity index (χ1v) is 9.24. The lowest BCUT2D eigenvalue weighted by Crippen LogP contribution is -2.22. The Kier molecular flexibility index (Phi) is 4.98. The van der Waals surface area contributed by atoms with Crippen LogP contribution in [0.2, 0.25) is 0 Å². The highest BCUT2D eigenvalue weighted by atomic mass is 16.1. The number of carbonyl (C=O) groups excluding carboxylic acids is 1. The van der Waals surface area contributed by atoms with E-state index >= 15 is 0 Å². The number of carbonyl (C=O) groups is 1. The average molecular weight is 369 g/mol. The van der Waals surface area contributed by atoms with Crippen LogP contribution in [0.1, 0.15) is 28.9 Å². The number of nitrogens with one attached hydrogen (secondary N) is 1. The second-order valence-electron chi connectivity index (χ2n) is 6.64. The quantitative estimate of drug-likeness (QED) is 0.755. The van der Waals surface area contributed by atoms with Crippen LogP contribution in [0.4, 0.5) is 11.5 Å². The lowest BCUT2D eigenvalue weighted by molar-refractivity contribution is 0.102. The standard InChI is InChI=1S/C22H19N5O/c23-15-16-7-6-10-18(13-16)24-22(28)19-14-20(27-11-4-5-12-27)26-21(25-19)17-8-2-1-3-9-17/h1-3,6-10,13-14H,4-5,11-12H2,(H,24,28). The number of aromatic nitrogens is 2. The molecule has 0 spiro atoms. The van der Waals surface area contributed by atoms with Crippen molar-refractivity contribution in [2.24, 2.45) is 0 Å². The molecule has 2 aromatic carbocycles. The van der Waals surface area contributed by atoms with Gasteiger partial charge in [-0.1, -0.05) is 36.4 Å². The molecule has 3 aromatic rings. The highest BCUT2D eigenvalue weighted by Gasteiger charge is 2.19.